The summed E-state index contributed by atoms with van der Waals surface area (Å²) in [5, 5.41) is 0. The van der Waals surface area contributed by atoms with Crippen LogP contribution in [-0.4, -0.2) is 38.1 Å². The minimum atomic E-state index is 0.576. The Bertz CT molecular complexity index is 338. The van der Waals surface area contributed by atoms with E-state index in [4.69, 9.17) is 0 Å². The lowest BCUT2D eigenvalue weighted by atomic mass is 10.00. The largest absolute Gasteiger partial charge is 0.369 e. The summed E-state index contributed by atoms with van der Waals surface area (Å²) in [6.45, 7) is 9.11. The van der Waals surface area contributed by atoms with Crippen LogP contribution in [-0.2, 0) is 0 Å². The number of piperazine rings is 1. The number of likely N-dealkylation sites (N-methyl/N-ethyl adjacent to an activating group) is 1. The zero-order chi connectivity index (χ0) is 11.5. The van der Waals surface area contributed by atoms with Crippen molar-refractivity contribution in [2.24, 2.45) is 0 Å². The van der Waals surface area contributed by atoms with Gasteiger partial charge in [-0.25, -0.2) is 0 Å². The first kappa shape index (κ1) is 11.5. The minimum Gasteiger partial charge on any atom is -0.369 e. The molecule has 1 fully saturated rings. The van der Waals surface area contributed by atoms with Gasteiger partial charge < -0.3 is 9.80 Å². The molecule has 0 aromatic heterocycles. The van der Waals surface area contributed by atoms with E-state index >= 15 is 0 Å². The van der Waals surface area contributed by atoms with E-state index in [2.05, 4.69) is 48.9 Å². The van der Waals surface area contributed by atoms with Gasteiger partial charge in [0.2, 0.25) is 0 Å². The molecule has 16 heavy (non-hydrogen) atoms. The van der Waals surface area contributed by atoms with Gasteiger partial charge in [0.15, 0.2) is 0 Å². The highest BCUT2D eigenvalue weighted by molar-refractivity contribution is 5.55. The number of rotatable bonds is 2. The predicted molar refractivity (Wildman–Crippen MR) is 69.1 cm³/mol. The number of anilines is 1. The van der Waals surface area contributed by atoms with Crippen molar-refractivity contribution < 1.29 is 0 Å². The normalized spacial score (nSPS) is 18.1. The summed E-state index contributed by atoms with van der Waals surface area (Å²) in [5.41, 5.74) is 2.83. The second-order valence-corrected chi connectivity index (χ2v) is 4.93. The molecule has 1 saturated heterocycles. The third-order valence-electron chi connectivity index (χ3n) is 3.34. The molecule has 0 saturated carbocycles. The van der Waals surface area contributed by atoms with E-state index in [0.717, 1.165) is 26.2 Å². The van der Waals surface area contributed by atoms with Gasteiger partial charge in [-0.15, -0.1) is 0 Å². The Morgan fingerprint density at radius 3 is 2.50 bits per heavy atom. The Morgan fingerprint density at radius 2 is 1.88 bits per heavy atom. The molecule has 87 valence electrons. The Morgan fingerprint density at radius 1 is 1.19 bits per heavy atom. The van der Waals surface area contributed by atoms with Crippen LogP contribution >= 0.6 is 0 Å². The average Bonchev–Trinajstić information content (AvgIpc) is 2.30. The van der Waals surface area contributed by atoms with Gasteiger partial charge in [0, 0.05) is 31.9 Å². The summed E-state index contributed by atoms with van der Waals surface area (Å²) in [4.78, 5) is 4.89. The van der Waals surface area contributed by atoms with Crippen LogP contribution in [0.25, 0.3) is 0 Å². The zero-order valence-corrected chi connectivity index (χ0v) is 10.5. The molecule has 1 aromatic rings. The standard InChI is InChI=1S/C14H21N2/c1-12(2)13-6-4-5-7-14(13)16-10-8-15(3)9-11-16/h5-7,12H,8-11H2,1-3H3. The smallest absolute Gasteiger partial charge is 0.0402 e. The molecule has 0 N–H and O–H groups in total. The van der Waals surface area contributed by atoms with E-state index in [1.165, 1.54) is 11.3 Å². The van der Waals surface area contributed by atoms with Crippen LogP contribution in [0.4, 0.5) is 5.69 Å². The van der Waals surface area contributed by atoms with Crippen LogP contribution in [0.2, 0.25) is 0 Å². The maximum Gasteiger partial charge on any atom is 0.0402 e. The first-order valence-corrected chi connectivity index (χ1v) is 6.12. The van der Waals surface area contributed by atoms with Gasteiger partial charge in [-0.05, 0) is 36.7 Å². The fourth-order valence-corrected chi connectivity index (χ4v) is 2.23. The molecule has 0 aliphatic carbocycles. The fraction of sp³-hybridized carbons (Fsp3) is 0.571. The Kier molecular flexibility index (Phi) is 3.49. The summed E-state index contributed by atoms with van der Waals surface area (Å²) in [6, 6.07) is 9.57. The van der Waals surface area contributed by atoms with Crippen molar-refractivity contribution in [3.05, 3.63) is 29.8 Å². The molecule has 0 unspecified atom stereocenters. The average molecular weight is 217 g/mol. The molecule has 1 radical (unpaired) electrons. The molecule has 1 aliphatic rings. The zero-order valence-electron chi connectivity index (χ0n) is 10.5. The first-order chi connectivity index (χ1) is 7.68. The molecule has 0 bridgehead atoms. The Hall–Kier alpha value is -1.02. The molecule has 1 aliphatic heterocycles. The highest BCUT2D eigenvalue weighted by Gasteiger charge is 2.17. The van der Waals surface area contributed by atoms with Gasteiger partial charge in [0.25, 0.3) is 0 Å². The van der Waals surface area contributed by atoms with Gasteiger partial charge in [-0.3, -0.25) is 0 Å². The monoisotopic (exact) mass is 217 g/mol. The van der Waals surface area contributed by atoms with Crippen molar-refractivity contribution in [2.45, 2.75) is 19.8 Å². The van der Waals surface area contributed by atoms with E-state index in [-0.39, 0.29) is 0 Å². The first-order valence-electron chi connectivity index (χ1n) is 6.12. The van der Waals surface area contributed by atoms with E-state index in [0.29, 0.717) is 5.92 Å². The topological polar surface area (TPSA) is 6.48 Å². The third-order valence-corrected chi connectivity index (χ3v) is 3.34. The molecular weight excluding hydrogens is 196 g/mol. The summed E-state index contributed by atoms with van der Waals surface area (Å²) in [7, 11) is 2.19. The highest BCUT2D eigenvalue weighted by atomic mass is 15.2. The summed E-state index contributed by atoms with van der Waals surface area (Å²) in [5.74, 6) is 0.576. The van der Waals surface area contributed by atoms with Gasteiger partial charge >= 0.3 is 0 Å². The van der Waals surface area contributed by atoms with Crippen LogP contribution in [0.1, 0.15) is 25.3 Å². The Labute approximate surface area is 98.9 Å². The molecule has 1 aromatic carbocycles. The maximum atomic E-state index is 3.19. The van der Waals surface area contributed by atoms with Crippen molar-refractivity contribution in [2.75, 3.05) is 38.1 Å². The van der Waals surface area contributed by atoms with Crippen molar-refractivity contribution >= 4 is 5.69 Å². The van der Waals surface area contributed by atoms with Crippen molar-refractivity contribution in [3.63, 3.8) is 0 Å². The lowest BCUT2D eigenvalue weighted by molar-refractivity contribution is 0.312. The maximum absolute atomic E-state index is 3.19. The van der Waals surface area contributed by atoms with Crippen molar-refractivity contribution in [1.82, 2.24) is 4.90 Å². The van der Waals surface area contributed by atoms with Crippen molar-refractivity contribution in [3.8, 4) is 0 Å². The number of hydrogen-bond donors (Lipinski definition) is 0. The number of benzene rings is 1. The van der Waals surface area contributed by atoms with E-state index in [9.17, 15) is 0 Å². The van der Waals surface area contributed by atoms with Crippen LogP contribution in [0.15, 0.2) is 18.2 Å². The number of nitrogens with zero attached hydrogens (tertiary/aromatic N) is 2. The van der Waals surface area contributed by atoms with E-state index < -0.39 is 0 Å². The van der Waals surface area contributed by atoms with Gasteiger partial charge in [-0.2, -0.15) is 0 Å². The molecule has 0 spiro atoms. The lowest BCUT2D eigenvalue weighted by Crippen LogP contribution is -2.44. The quantitative estimate of drug-likeness (QED) is 0.750. The number of hydrogen-bond acceptors (Lipinski definition) is 2. The van der Waals surface area contributed by atoms with Gasteiger partial charge in [0.05, 0.1) is 0 Å². The van der Waals surface area contributed by atoms with Crippen LogP contribution in [0.5, 0.6) is 0 Å². The molecule has 0 atom stereocenters. The van der Waals surface area contributed by atoms with Crippen LogP contribution in [0.3, 0.4) is 0 Å². The lowest BCUT2D eigenvalue weighted by Gasteiger charge is -2.35. The third kappa shape index (κ3) is 2.38. The highest BCUT2D eigenvalue weighted by Crippen LogP contribution is 2.27. The molecule has 2 nitrogen and oxygen atoms in total. The second kappa shape index (κ2) is 4.88. The van der Waals surface area contributed by atoms with Crippen molar-refractivity contribution in [1.29, 1.82) is 0 Å². The molecule has 0 amide bonds. The van der Waals surface area contributed by atoms with Gasteiger partial charge in [-0.1, -0.05) is 19.9 Å². The van der Waals surface area contributed by atoms with Gasteiger partial charge in [0.1, 0.15) is 0 Å². The SMILES string of the molecule is CC(C)c1c[c]ccc1N1CCN(C)CC1. The molecule has 2 rings (SSSR count). The van der Waals surface area contributed by atoms with Crippen LogP contribution < -0.4 is 4.90 Å². The predicted octanol–water partition coefficient (Wildman–Crippen LogP) is 2.36. The van der Waals surface area contributed by atoms with E-state index in [1.807, 2.05) is 6.07 Å². The Balaban J connectivity index is 2.19. The fourth-order valence-electron chi connectivity index (χ4n) is 2.23. The molecule has 1 heterocycles. The van der Waals surface area contributed by atoms with E-state index in [1.54, 1.807) is 0 Å². The summed E-state index contributed by atoms with van der Waals surface area (Å²) in [6.07, 6.45) is 0. The minimum absolute atomic E-state index is 0.576. The summed E-state index contributed by atoms with van der Waals surface area (Å²) >= 11 is 0. The van der Waals surface area contributed by atoms with Crippen LogP contribution in [0, 0.1) is 6.07 Å². The molecule has 2 heteroatoms. The molecular formula is C14H21N2. The summed E-state index contributed by atoms with van der Waals surface area (Å²) < 4.78 is 0. The second-order valence-electron chi connectivity index (χ2n) is 4.93.